The molecule has 0 spiro atoms. The SMILES string of the molecule is CC(C)N1CCN(c2ccc(Nc3cc(NCc4ccccc4)ccn3)cc2)CC1. The van der Waals surface area contributed by atoms with Crippen molar-refractivity contribution in [3.05, 3.63) is 78.5 Å². The number of piperazine rings is 1. The standard InChI is InChI=1S/C25H31N5/c1-20(2)29-14-16-30(17-15-29)24-10-8-22(9-11-24)28-25-18-23(12-13-26-25)27-19-21-6-4-3-5-7-21/h3-13,18,20H,14-17,19H2,1-2H3,(H2,26,27,28). The second-order valence-corrected chi connectivity index (χ2v) is 8.06. The lowest BCUT2D eigenvalue weighted by molar-refractivity contribution is 0.209. The highest BCUT2D eigenvalue weighted by atomic mass is 15.3. The first-order valence-electron chi connectivity index (χ1n) is 10.8. The van der Waals surface area contributed by atoms with E-state index in [1.54, 1.807) is 0 Å². The minimum Gasteiger partial charge on any atom is -0.381 e. The summed E-state index contributed by atoms with van der Waals surface area (Å²) in [6, 6.07) is 23.7. The quantitative estimate of drug-likeness (QED) is 0.585. The Bertz CT molecular complexity index is 916. The summed E-state index contributed by atoms with van der Waals surface area (Å²) in [4.78, 5) is 9.47. The van der Waals surface area contributed by atoms with Crippen LogP contribution in [0.3, 0.4) is 0 Å². The molecule has 0 saturated carbocycles. The Morgan fingerprint density at radius 2 is 1.60 bits per heavy atom. The minimum atomic E-state index is 0.629. The summed E-state index contributed by atoms with van der Waals surface area (Å²) in [5, 5.41) is 6.88. The van der Waals surface area contributed by atoms with E-state index in [1.807, 2.05) is 24.4 Å². The molecular formula is C25H31N5. The summed E-state index contributed by atoms with van der Waals surface area (Å²) >= 11 is 0. The van der Waals surface area contributed by atoms with Gasteiger partial charge in [-0.05, 0) is 49.7 Å². The molecule has 1 aromatic heterocycles. The van der Waals surface area contributed by atoms with E-state index in [9.17, 15) is 0 Å². The monoisotopic (exact) mass is 401 g/mol. The first kappa shape index (κ1) is 20.2. The van der Waals surface area contributed by atoms with E-state index < -0.39 is 0 Å². The molecule has 0 aliphatic carbocycles. The van der Waals surface area contributed by atoms with E-state index in [-0.39, 0.29) is 0 Å². The summed E-state index contributed by atoms with van der Waals surface area (Å²) in [6.07, 6.45) is 1.83. The van der Waals surface area contributed by atoms with Gasteiger partial charge in [-0.3, -0.25) is 4.90 Å². The predicted molar refractivity (Wildman–Crippen MR) is 127 cm³/mol. The predicted octanol–water partition coefficient (Wildman–Crippen LogP) is 4.97. The number of aromatic nitrogens is 1. The van der Waals surface area contributed by atoms with Crippen molar-refractivity contribution in [2.24, 2.45) is 0 Å². The van der Waals surface area contributed by atoms with Crippen LogP contribution in [-0.4, -0.2) is 42.1 Å². The lowest BCUT2D eigenvalue weighted by atomic mass is 10.2. The summed E-state index contributed by atoms with van der Waals surface area (Å²) in [5.41, 5.74) is 4.65. The lowest BCUT2D eigenvalue weighted by Crippen LogP contribution is -2.48. The fourth-order valence-electron chi connectivity index (χ4n) is 3.81. The number of hydrogen-bond donors (Lipinski definition) is 2. The summed E-state index contributed by atoms with van der Waals surface area (Å²) in [6.45, 7) is 9.77. The average molecular weight is 402 g/mol. The van der Waals surface area contributed by atoms with Crippen LogP contribution in [0.1, 0.15) is 19.4 Å². The smallest absolute Gasteiger partial charge is 0.132 e. The third kappa shape index (κ3) is 5.30. The van der Waals surface area contributed by atoms with E-state index in [0.717, 1.165) is 49.9 Å². The lowest BCUT2D eigenvalue weighted by Gasteiger charge is -2.38. The normalized spacial score (nSPS) is 14.7. The zero-order chi connectivity index (χ0) is 20.8. The van der Waals surface area contributed by atoms with Crippen LogP contribution >= 0.6 is 0 Å². The Balaban J connectivity index is 1.33. The molecule has 2 N–H and O–H groups in total. The fourth-order valence-corrected chi connectivity index (χ4v) is 3.81. The Labute approximate surface area is 179 Å². The van der Waals surface area contributed by atoms with Crippen molar-refractivity contribution < 1.29 is 0 Å². The maximum atomic E-state index is 4.46. The van der Waals surface area contributed by atoms with Crippen molar-refractivity contribution >= 4 is 22.9 Å². The Morgan fingerprint density at radius 1 is 0.867 bits per heavy atom. The van der Waals surface area contributed by atoms with Crippen LogP contribution in [-0.2, 0) is 6.54 Å². The van der Waals surface area contributed by atoms with Gasteiger partial charge < -0.3 is 15.5 Å². The van der Waals surface area contributed by atoms with Gasteiger partial charge in [-0.2, -0.15) is 0 Å². The van der Waals surface area contributed by atoms with Gasteiger partial charge in [0, 0.05) is 68.1 Å². The fraction of sp³-hybridized carbons (Fsp3) is 0.320. The van der Waals surface area contributed by atoms with Crippen molar-refractivity contribution in [2.45, 2.75) is 26.4 Å². The summed E-state index contributed by atoms with van der Waals surface area (Å²) < 4.78 is 0. The number of nitrogens with zero attached hydrogens (tertiary/aromatic N) is 3. The molecule has 2 aromatic carbocycles. The van der Waals surface area contributed by atoms with Crippen molar-refractivity contribution in [2.75, 3.05) is 41.7 Å². The molecule has 1 aliphatic heterocycles. The molecule has 1 saturated heterocycles. The van der Waals surface area contributed by atoms with Gasteiger partial charge in [-0.1, -0.05) is 30.3 Å². The molecule has 156 valence electrons. The number of pyridine rings is 1. The number of benzene rings is 2. The van der Waals surface area contributed by atoms with Crippen molar-refractivity contribution in [3.63, 3.8) is 0 Å². The third-order valence-corrected chi connectivity index (χ3v) is 5.65. The molecule has 1 aliphatic rings. The van der Waals surface area contributed by atoms with Crippen LogP contribution < -0.4 is 15.5 Å². The Hall–Kier alpha value is -3.05. The maximum Gasteiger partial charge on any atom is 0.132 e. The van der Waals surface area contributed by atoms with Gasteiger partial charge in [-0.25, -0.2) is 4.98 Å². The molecule has 2 heterocycles. The van der Waals surface area contributed by atoms with Crippen LogP contribution in [0.2, 0.25) is 0 Å². The summed E-state index contributed by atoms with van der Waals surface area (Å²) in [7, 11) is 0. The van der Waals surface area contributed by atoms with E-state index in [2.05, 4.69) is 87.8 Å². The Morgan fingerprint density at radius 3 is 2.30 bits per heavy atom. The minimum absolute atomic E-state index is 0.629. The molecule has 0 bridgehead atoms. The first-order valence-corrected chi connectivity index (χ1v) is 10.8. The van der Waals surface area contributed by atoms with Gasteiger partial charge in [0.15, 0.2) is 0 Å². The van der Waals surface area contributed by atoms with Crippen molar-refractivity contribution in [1.29, 1.82) is 0 Å². The molecule has 0 atom stereocenters. The van der Waals surface area contributed by atoms with Crippen LogP contribution in [0.4, 0.5) is 22.9 Å². The van der Waals surface area contributed by atoms with Crippen molar-refractivity contribution in [1.82, 2.24) is 9.88 Å². The van der Waals surface area contributed by atoms with Crippen LogP contribution in [0.5, 0.6) is 0 Å². The third-order valence-electron chi connectivity index (χ3n) is 5.65. The highest BCUT2D eigenvalue weighted by molar-refractivity contribution is 5.63. The molecule has 0 unspecified atom stereocenters. The number of anilines is 4. The van der Waals surface area contributed by atoms with Gasteiger partial charge in [-0.15, -0.1) is 0 Å². The van der Waals surface area contributed by atoms with Crippen LogP contribution in [0.15, 0.2) is 72.9 Å². The van der Waals surface area contributed by atoms with Gasteiger partial charge in [0.25, 0.3) is 0 Å². The molecule has 0 radical (unpaired) electrons. The largest absolute Gasteiger partial charge is 0.381 e. The molecule has 1 fully saturated rings. The number of rotatable bonds is 7. The second kappa shape index (κ2) is 9.63. The highest BCUT2D eigenvalue weighted by Gasteiger charge is 2.18. The molecular weight excluding hydrogens is 370 g/mol. The average Bonchev–Trinajstić information content (AvgIpc) is 2.79. The number of hydrogen-bond acceptors (Lipinski definition) is 5. The van der Waals surface area contributed by atoms with E-state index in [1.165, 1.54) is 11.3 Å². The van der Waals surface area contributed by atoms with Gasteiger partial charge in [0.05, 0.1) is 0 Å². The first-order chi connectivity index (χ1) is 14.7. The maximum absolute atomic E-state index is 4.46. The molecule has 30 heavy (non-hydrogen) atoms. The topological polar surface area (TPSA) is 43.4 Å². The van der Waals surface area contributed by atoms with E-state index >= 15 is 0 Å². The molecule has 3 aromatic rings. The second-order valence-electron chi connectivity index (χ2n) is 8.06. The number of nitrogens with one attached hydrogen (secondary N) is 2. The van der Waals surface area contributed by atoms with Crippen molar-refractivity contribution in [3.8, 4) is 0 Å². The zero-order valence-corrected chi connectivity index (χ0v) is 17.9. The van der Waals surface area contributed by atoms with Crippen LogP contribution in [0, 0.1) is 0 Å². The molecule has 5 heteroatoms. The zero-order valence-electron chi connectivity index (χ0n) is 17.9. The van der Waals surface area contributed by atoms with Gasteiger partial charge in [0.2, 0.25) is 0 Å². The van der Waals surface area contributed by atoms with Gasteiger partial charge >= 0.3 is 0 Å². The molecule has 4 rings (SSSR count). The highest BCUT2D eigenvalue weighted by Crippen LogP contribution is 2.23. The summed E-state index contributed by atoms with van der Waals surface area (Å²) in [5.74, 6) is 0.839. The van der Waals surface area contributed by atoms with Gasteiger partial charge in [0.1, 0.15) is 5.82 Å². The Kier molecular flexibility index (Phi) is 6.50. The van der Waals surface area contributed by atoms with E-state index in [0.29, 0.717) is 6.04 Å². The van der Waals surface area contributed by atoms with Crippen LogP contribution in [0.25, 0.3) is 0 Å². The molecule has 0 amide bonds. The van der Waals surface area contributed by atoms with E-state index in [4.69, 9.17) is 0 Å². The molecule has 5 nitrogen and oxygen atoms in total.